The number of allylic oxidation sites excluding steroid dienone is 2. The van der Waals surface area contributed by atoms with Gasteiger partial charge < -0.3 is 27.3 Å². The largest absolute Gasteiger partial charge is 0.494 e. The normalized spacial score (nSPS) is 11.8. The Balaban J connectivity index is 2.18. The summed E-state index contributed by atoms with van der Waals surface area (Å²) in [6.45, 7) is 3.69. The molecule has 0 atom stereocenters. The number of carbonyl (C=O) groups is 1. The quantitative estimate of drug-likeness (QED) is 0.651. The fourth-order valence-corrected chi connectivity index (χ4v) is 3.26. The van der Waals surface area contributed by atoms with Crippen LogP contribution in [0.3, 0.4) is 0 Å². The third-order valence-electron chi connectivity index (χ3n) is 3.81. The Labute approximate surface area is 149 Å². The molecule has 0 spiro atoms. The lowest BCUT2D eigenvalue weighted by Gasteiger charge is -2.08. The van der Waals surface area contributed by atoms with E-state index in [1.54, 1.807) is 19.9 Å². The maximum absolute atomic E-state index is 13.7. The number of carbonyl (C=O) groups excluding carboxylic acids is 1. The minimum absolute atomic E-state index is 0.148. The molecule has 0 aliphatic carbocycles. The second-order valence-corrected chi connectivity index (χ2v) is 6.60. The molecule has 1 aromatic carbocycles. The molecule has 134 valence electrons. The van der Waals surface area contributed by atoms with Crippen molar-refractivity contribution < 1.29 is 13.9 Å². The highest BCUT2D eigenvalue weighted by Gasteiger charge is 2.21. The molecule has 25 heavy (non-hydrogen) atoms. The minimum atomic E-state index is -0.490. The Morgan fingerprint density at radius 3 is 2.56 bits per heavy atom. The number of anilines is 2. The number of nitrogens with one attached hydrogen (secondary N) is 1. The predicted octanol–water partition coefficient (Wildman–Crippen LogP) is 2.70. The van der Waals surface area contributed by atoms with Gasteiger partial charge in [0.25, 0.3) is 5.91 Å². The van der Waals surface area contributed by atoms with Crippen molar-refractivity contribution in [2.45, 2.75) is 20.4 Å². The molecule has 6 nitrogen and oxygen atoms in total. The first-order valence-electron chi connectivity index (χ1n) is 7.47. The monoisotopic (exact) mass is 364 g/mol. The molecule has 7 N–H and O–H groups in total. The van der Waals surface area contributed by atoms with Crippen LogP contribution in [0.5, 0.6) is 5.75 Å². The first kappa shape index (κ1) is 18.6. The zero-order chi connectivity index (χ0) is 18.7. The number of halogens is 1. The van der Waals surface area contributed by atoms with E-state index in [0.717, 1.165) is 16.9 Å². The number of rotatable bonds is 5. The molecular formula is C17H21FN4O2S. The van der Waals surface area contributed by atoms with E-state index in [2.05, 4.69) is 5.32 Å². The molecule has 1 amide bonds. The summed E-state index contributed by atoms with van der Waals surface area (Å²) < 4.78 is 18.6. The highest BCUT2D eigenvalue weighted by molar-refractivity contribution is 7.18. The summed E-state index contributed by atoms with van der Waals surface area (Å²) in [5.41, 5.74) is 20.7. The topological polar surface area (TPSA) is 116 Å². The van der Waals surface area contributed by atoms with Gasteiger partial charge in [-0.25, -0.2) is 4.39 Å². The molecular weight excluding hydrogens is 343 g/mol. The lowest BCUT2D eigenvalue weighted by Crippen LogP contribution is -2.22. The van der Waals surface area contributed by atoms with E-state index in [9.17, 15) is 9.18 Å². The Kier molecular flexibility index (Phi) is 5.53. The first-order valence-corrected chi connectivity index (χ1v) is 8.29. The average molecular weight is 364 g/mol. The van der Waals surface area contributed by atoms with Crippen LogP contribution in [0.1, 0.15) is 34.6 Å². The van der Waals surface area contributed by atoms with Crippen molar-refractivity contribution in [1.29, 1.82) is 0 Å². The summed E-state index contributed by atoms with van der Waals surface area (Å²) in [7, 11) is 1.39. The van der Waals surface area contributed by atoms with E-state index in [4.69, 9.17) is 21.9 Å². The molecule has 0 saturated carbocycles. The van der Waals surface area contributed by atoms with Crippen molar-refractivity contribution in [2.24, 2.45) is 5.73 Å². The number of hydrogen-bond donors (Lipinski definition) is 4. The molecule has 0 fully saturated rings. The van der Waals surface area contributed by atoms with Gasteiger partial charge in [-0.05, 0) is 37.1 Å². The SMILES string of the molecule is COc1ccc(CNC(=O)c2sc(N)c(/C(C)=C(/C)N)c2N)cc1F. The summed E-state index contributed by atoms with van der Waals surface area (Å²) in [4.78, 5) is 12.7. The van der Waals surface area contributed by atoms with Crippen molar-refractivity contribution in [1.82, 2.24) is 5.32 Å². The molecule has 0 unspecified atom stereocenters. The summed E-state index contributed by atoms with van der Waals surface area (Å²) in [6.07, 6.45) is 0. The number of ether oxygens (including phenoxy) is 1. The third kappa shape index (κ3) is 3.85. The summed E-state index contributed by atoms with van der Waals surface area (Å²) in [5, 5.41) is 3.14. The molecule has 0 radical (unpaired) electrons. The van der Waals surface area contributed by atoms with Crippen molar-refractivity contribution in [3.63, 3.8) is 0 Å². The van der Waals surface area contributed by atoms with E-state index >= 15 is 0 Å². The van der Waals surface area contributed by atoms with Gasteiger partial charge in [0.15, 0.2) is 11.6 Å². The van der Waals surface area contributed by atoms with Crippen LogP contribution in [0, 0.1) is 5.82 Å². The van der Waals surface area contributed by atoms with Crippen molar-refractivity contribution in [3.8, 4) is 5.75 Å². The summed E-state index contributed by atoms with van der Waals surface area (Å²) in [5.74, 6) is -0.718. The molecule has 2 aromatic rings. The van der Waals surface area contributed by atoms with E-state index in [1.165, 1.54) is 19.2 Å². The van der Waals surface area contributed by atoms with E-state index in [-0.39, 0.29) is 18.2 Å². The van der Waals surface area contributed by atoms with E-state index in [1.807, 2.05) is 0 Å². The molecule has 0 aliphatic rings. The number of nitrogens with two attached hydrogens (primary N) is 3. The van der Waals surface area contributed by atoms with Crippen LogP contribution in [0.2, 0.25) is 0 Å². The second kappa shape index (κ2) is 7.43. The molecule has 0 bridgehead atoms. The van der Waals surface area contributed by atoms with Gasteiger partial charge in [0.2, 0.25) is 0 Å². The van der Waals surface area contributed by atoms with Crippen LogP contribution in [0.15, 0.2) is 23.9 Å². The summed E-state index contributed by atoms with van der Waals surface area (Å²) in [6, 6.07) is 4.48. The van der Waals surface area contributed by atoms with Gasteiger partial charge in [0, 0.05) is 17.8 Å². The highest BCUT2D eigenvalue weighted by Crippen LogP contribution is 2.38. The fraction of sp³-hybridized carbons (Fsp3) is 0.235. The van der Waals surface area contributed by atoms with Gasteiger partial charge in [0.1, 0.15) is 4.88 Å². The summed E-state index contributed by atoms with van der Waals surface area (Å²) >= 11 is 1.10. The zero-order valence-electron chi connectivity index (χ0n) is 14.3. The van der Waals surface area contributed by atoms with Gasteiger partial charge in [-0.1, -0.05) is 6.07 Å². The minimum Gasteiger partial charge on any atom is -0.494 e. The van der Waals surface area contributed by atoms with E-state index < -0.39 is 5.82 Å². The first-order chi connectivity index (χ1) is 11.8. The number of amides is 1. The Morgan fingerprint density at radius 1 is 1.32 bits per heavy atom. The average Bonchev–Trinajstić information content (AvgIpc) is 2.86. The fourth-order valence-electron chi connectivity index (χ4n) is 2.30. The van der Waals surface area contributed by atoms with Gasteiger partial charge in [0.05, 0.1) is 17.8 Å². The van der Waals surface area contributed by atoms with Crippen LogP contribution < -0.4 is 27.3 Å². The van der Waals surface area contributed by atoms with Gasteiger partial charge >= 0.3 is 0 Å². The standard InChI is InChI=1S/C17H21FN4O2S/c1-8(9(2)19)13-14(20)15(25-16(13)21)17(23)22-7-10-4-5-12(24-3)11(18)6-10/h4-6H,7,19-21H2,1-3H3,(H,22,23)/b9-8-. The predicted molar refractivity (Wildman–Crippen MR) is 99.7 cm³/mol. The lowest BCUT2D eigenvalue weighted by atomic mass is 10.1. The molecule has 0 aliphatic heterocycles. The second-order valence-electron chi connectivity index (χ2n) is 5.54. The van der Waals surface area contributed by atoms with Crippen LogP contribution in [0.4, 0.5) is 15.1 Å². The molecule has 1 aromatic heterocycles. The van der Waals surface area contributed by atoms with Crippen LogP contribution >= 0.6 is 11.3 Å². The van der Waals surface area contributed by atoms with Gasteiger partial charge in [-0.2, -0.15) is 0 Å². The van der Waals surface area contributed by atoms with Crippen molar-refractivity contribution in [3.05, 3.63) is 45.7 Å². The zero-order valence-corrected chi connectivity index (χ0v) is 15.1. The molecule has 0 saturated heterocycles. The number of nitrogen functional groups attached to an aromatic ring is 2. The van der Waals surface area contributed by atoms with Gasteiger partial charge in [-0.15, -0.1) is 11.3 Å². The smallest absolute Gasteiger partial charge is 0.263 e. The Hall–Kier alpha value is -2.74. The number of hydrogen-bond acceptors (Lipinski definition) is 6. The van der Waals surface area contributed by atoms with E-state index in [0.29, 0.717) is 32.4 Å². The van der Waals surface area contributed by atoms with Gasteiger partial charge in [-0.3, -0.25) is 4.79 Å². The number of benzene rings is 1. The van der Waals surface area contributed by atoms with Crippen molar-refractivity contribution >= 4 is 33.5 Å². The van der Waals surface area contributed by atoms with Crippen LogP contribution in [-0.4, -0.2) is 13.0 Å². The van der Waals surface area contributed by atoms with Crippen LogP contribution in [0.25, 0.3) is 5.57 Å². The molecule has 1 heterocycles. The number of thiophene rings is 1. The maximum Gasteiger partial charge on any atom is 0.263 e. The van der Waals surface area contributed by atoms with Crippen molar-refractivity contribution in [2.75, 3.05) is 18.6 Å². The Morgan fingerprint density at radius 2 is 2.00 bits per heavy atom. The third-order valence-corrected chi connectivity index (χ3v) is 4.85. The Bertz CT molecular complexity index is 841. The lowest BCUT2D eigenvalue weighted by molar-refractivity contribution is 0.0955. The molecule has 2 rings (SSSR count). The maximum atomic E-state index is 13.7. The highest BCUT2D eigenvalue weighted by atomic mass is 32.1. The number of methoxy groups -OCH3 is 1. The van der Waals surface area contributed by atoms with Crippen LogP contribution in [-0.2, 0) is 6.54 Å². The molecule has 8 heteroatoms.